The van der Waals surface area contributed by atoms with Crippen LogP contribution >= 0.6 is 11.3 Å². The number of rotatable bonds is 6. The Morgan fingerprint density at radius 3 is 2.73 bits per heavy atom. The molecule has 3 aromatic rings. The van der Waals surface area contributed by atoms with E-state index >= 15 is 0 Å². The molecule has 26 heavy (non-hydrogen) atoms. The Morgan fingerprint density at radius 1 is 1.19 bits per heavy atom. The zero-order valence-corrected chi connectivity index (χ0v) is 15.6. The predicted molar refractivity (Wildman–Crippen MR) is 102 cm³/mol. The Balaban J connectivity index is 1.72. The van der Waals surface area contributed by atoms with E-state index in [1.807, 2.05) is 42.6 Å². The molecule has 0 saturated carbocycles. The number of anilines is 1. The van der Waals surface area contributed by atoms with Crippen molar-refractivity contribution in [1.29, 1.82) is 0 Å². The minimum absolute atomic E-state index is 0.143. The number of nitrogens with one attached hydrogen (secondary N) is 1. The van der Waals surface area contributed by atoms with Gasteiger partial charge < -0.3 is 14.8 Å². The Hall–Kier alpha value is -2.93. The number of carbonyl (C=O) groups is 1. The van der Waals surface area contributed by atoms with Crippen LogP contribution in [-0.2, 0) is 11.2 Å². The van der Waals surface area contributed by atoms with Crippen LogP contribution in [0, 0.1) is 6.92 Å². The van der Waals surface area contributed by atoms with Crippen LogP contribution in [0.1, 0.15) is 11.3 Å². The van der Waals surface area contributed by atoms with E-state index < -0.39 is 0 Å². The highest BCUT2D eigenvalue weighted by atomic mass is 32.1. The summed E-state index contributed by atoms with van der Waals surface area (Å²) >= 11 is 1.48. The van der Waals surface area contributed by atoms with E-state index in [4.69, 9.17) is 9.47 Å². The molecular formula is C19H19N3O3S. The number of carbonyl (C=O) groups excluding carboxylic acids is 1. The van der Waals surface area contributed by atoms with Gasteiger partial charge in [-0.1, -0.05) is 6.07 Å². The second kappa shape index (κ2) is 7.97. The fourth-order valence-electron chi connectivity index (χ4n) is 2.45. The van der Waals surface area contributed by atoms with E-state index in [9.17, 15) is 4.79 Å². The van der Waals surface area contributed by atoms with Crippen LogP contribution in [0.5, 0.6) is 11.5 Å². The average Bonchev–Trinajstić information content (AvgIpc) is 3.11. The van der Waals surface area contributed by atoms with Crippen LogP contribution in [0.3, 0.4) is 0 Å². The zero-order chi connectivity index (χ0) is 18.5. The lowest BCUT2D eigenvalue weighted by molar-refractivity contribution is -0.115. The molecule has 0 bridgehead atoms. The van der Waals surface area contributed by atoms with E-state index in [-0.39, 0.29) is 12.3 Å². The molecule has 3 rings (SSSR count). The summed E-state index contributed by atoms with van der Waals surface area (Å²) in [7, 11) is 3.19. The summed E-state index contributed by atoms with van der Waals surface area (Å²) in [5.41, 5.74) is 2.55. The number of thiazole rings is 1. The summed E-state index contributed by atoms with van der Waals surface area (Å²) in [5.74, 6) is 1.74. The van der Waals surface area contributed by atoms with Crippen LogP contribution in [0.15, 0.2) is 41.9 Å². The van der Waals surface area contributed by atoms with Crippen LogP contribution in [0.2, 0.25) is 0 Å². The highest BCUT2D eigenvalue weighted by Crippen LogP contribution is 2.33. The van der Waals surface area contributed by atoms with Crippen molar-refractivity contribution in [3.63, 3.8) is 0 Å². The first-order chi connectivity index (χ1) is 12.6. The van der Waals surface area contributed by atoms with Gasteiger partial charge in [-0.3, -0.25) is 4.79 Å². The fraction of sp³-hybridized carbons (Fsp3) is 0.211. The van der Waals surface area contributed by atoms with Crippen molar-refractivity contribution in [1.82, 2.24) is 9.97 Å². The van der Waals surface area contributed by atoms with Gasteiger partial charge in [0.15, 0.2) is 11.5 Å². The maximum absolute atomic E-state index is 12.2. The van der Waals surface area contributed by atoms with Crippen LogP contribution in [-0.4, -0.2) is 30.1 Å². The van der Waals surface area contributed by atoms with Crippen molar-refractivity contribution in [2.75, 3.05) is 19.5 Å². The molecule has 0 spiro atoms. The average molecular weight is 369 g/mol. The topological polar surface area (TPSA) is 73.3 Å². The third-order valence-corrected chi connectivity index (χ3v) is 4.73. The van der Waals surface area contributed by atoms with Crippen LogP contribution in [0.4, 0.5) is 5.82 Å². The lowest BCUT2D eigenvalue weighted by Crippen LogP contribution is -2.16. The molecule has 0 saturated heterocycles. The highest BCUT2D eigenvalue weighted by molar-refractivity contribution is 7.13. The molecule has 0 radical (unpaired) electrons. The first kappa shape index (κ1) is 17.9. The minimum atomic E-state index is -0.143. The number of hydrogen-bond donors (Lipinski definition) is 1. The molecule has 2 aromatic heterocycles. The maximum Gasteiger partial charge on any atom is 0.231 e. The third kappa shape index (κ3) is 4.00. The second-order valence-corrected chi connectivity index (χ2v) is 6.47. The van der Waals surface area contributed by atoms with Gasteiger partial charge in [0, 0.05) is 17.1 Å². The SMILES string of the molecule is COc1ccc(-c2nc(CC(=O)Nc3ncccc3C)cs2)cc1OC. The number of amides is 1. The molecule has 6 nitrogen and oxygen atoms in total. The maximum atomic E-state index is 12.2. The standard InChI is InChI=1S/C19H19N3O3S/c1-12-5-4-8-20-18(12)22-17(23)10-14-11-26-19(21-14)13-6-7-15(24-2)16(9-13)25-3/h4-9,11H,10H2,1-3H3,(H,20,22,23). The zero-order valence-electron chi connectivity index (χ0n) is 14.8. The van der Waals surface area contributed by atoms with E-state index in [0.29, 0.717) is 23.0 Å². The number of nitrogens with zero attached hydrogens (tertiary/aromatic N) is 2. The van der Waals surface area contributed by atoms with Gasteiger partial charge in [0.1, 0.15) is 10.8 Å². The monoisotopic (exact) mass is 369 g/mol. The van der Waals surface area contributed by atoms with Gasteiger partial charge in [-0.25, -0.2) is 9.97 Å². The summed E-state index contributed by atoms with van der Waals surface area (Å²) in [6, 6.07) is 9.37. The molecule has 7 heteroatoms. The number of benzene rings is 1. The molecule has 134 valence electrons. The van der Waals surface area contributed by atoms with Crippen molar-refractivity contribution < 1.29 is 14.3 Å². The molecule has 0 aliphatic heterocycles. The van der Waals surface area contributed by atoms with Gasteiger partial charge in [0.25, 0.3) is 0 Å². The number of ether oxygens (including phenoxy) is 2. The van der Waals surface area contributed by atoms with E-state index in [2.05, 4.69) is 15.3 Å². The first-order valence-electron chi connectivity index (χ1n) is 7.99. The molecule has 0 aliphatic carbocycles. The normalized spacial score (nSPS) is 10.4. The summed E-state index contributed by atoms with van der Waals surface area (Å²) in [6.07, 6.45) is 1.85. The number of aryl methyl sites for hydroxylation is 1. The van der Waals surface area contributed by atoms with Gasteiger partial charge in [-0.2, -0.15) is 0 Å². The summed E-state index contributed by atoms with van der Waals surface area (Å²) in [4.78, 5) is 21.0. The third-order valence-electron chi connectivity index (χ3n) is 3.79. The number of aromatic nitrogens is 2. The summed E-state index contributed by atoms with van der Waals surface area (Å²) in [6.45, 7) is 1.90. The summed E-state index contributed by atoms with van der Waals surface area (Å²) in [5, 5.41) is 5.53. The van der Waals surface area contributed by atoms with E-state index in [0.717, 1.165) is 16.1 Å². The molecule has 0 fully saturated rings. The van der Waals surface area contributed by atoms with Crippen LogP contribution in [0.25, 0.3) is 10.6 Å². The van der Waals surface area contributed by atoms with Crippen molar-refractivity contribution in [3.05, 3.63) is 53.2 Å². The molecular weight excluding hydrogens is 350 g/mol. The lowest BCUT2D eigenvalue weighted by Gasteiger charge is -2.08. The van der Waals surface area contributed by atoms with Crippen molar-refractivity contribution in [2.24, 2.45) is 0 Å². The molecule has 1 aromatic carbocycles. The summed E-state index contributed by atoms with van der Waals surface area (Å²) < 4.78 is 10.6. The molecule has 0 atom stereocenters. The highest BCUT2D eigenvalue weighted by Gasteiger charge is 2.12. The Bertz CT molecular complexity index is 924. The molecule has 1 N–H and O–H groups in total. The largest absolute Gasteiger partial charge is 0.493 e. The Kier molecular flexibility index (Phi) is 5.48. The second-order valence-electron chi connectivity index (χ2n) is 5.61. The molecule has 0 aliphatic rings. The van der Waals surface area contributed by atoms with Crippen molar-refractivity contribution in [3.8, 4) is 22.1 Å². The van der Waals surface area contributed by atoms with E-state index in [1.165, 1.54) is 11.3 Å². The molecule has 0 unspecified atom stereocenters. The smallest absolute Gasteiger partial charge is 0.231 e. The van der Waals surface area contributed by atoms with Crippen LogP contribution < -0.4 is 14.8 Å². The lowest BCUT2D eigenvalue weighted by atomic mass is 10.2. The van der Waals surface area contributed by atoms with Gasteiger partial charge in [0.2, 0.25) is 5.91 Å². The first-order valence-corrected chi connectivity index (χ1v) is 8.87. The predicted octanol–water partition coefficient (Wildman–Crippen LogP) is 3.71. The van der Waals surface area contributed by atoms with Gasteiger partial charge >= 0.3 is 0 Å². The quantitative estimate of drug-likeness (QED) is 0.717. The van der Waals surface area contributed by atoms with Crippen molar-refractivity contribution >= 4 is 23.1 Å². The molecule has 1 amide bonds. The Labute approximate surface area is 155 Å². The number of hydrogen-bond acceptors (Lipinski definition) is 6. The Morgan fingerprint density at radius 2 is 2.00 bits per heavy atom. The van der Waals surface area contributed by atoms with Gasteiger partial charge in [-0.05, 0) is 36.8 Å². The molecule has 2 heterocycles. The number of pyridine rings is 1. The fourth-order valence-corrected chi connectivity index (χ4v) is 3.26. The number of methoxy groups -OCH3 is 2. The minimum Gasteiger partial charge on any atom is -0.493 e. The van der Waals surface area contributed by atoms with E-state index in [1.54, 1.807) is 20.4 Å². The van der Waals surface area contributed by atoms with Gasteiger partial charge in [0.05, 0.1) is 26.3 Å². The van der Waals surface area contributed by atoms with Gasteiger partial charge in [-0.15, -0.1) is 11.3 Å². The van der Waals surface area contributed by atoms with Crippen molar-refractivity contribution in [2.45, 2.75) is 13.3 Å².